The average Bonchev–Trinajstić information content (AvgIpc) is 2.49. The van der Waals surface area contributed by atoms with Crippen LogP contribution in [0.3, 0.4) is 0 Å². The van der Waals surface area contributed by atoms with E-state index in [1.54, 1.807) is 11.8 Å². The van der Waals surface area contributed by atoms with Crippen LogP contribution in [0.15, 0.2) is 41.8 Å². The van der Waals surface area contributed by atoms with Gasteiger partial charge in [0.05, 0.1) is 6.61 Å². The Kier molecular flexibility index (Phi) is 5.83. The first-order valence-corrected chi connectivity index (χ1v) is 7.60. The minimum Gasteiger partial charge on any atom is -0.494 e. The topological polar surface area (TPSA) is 61.0 Å². The second-order valence-electron chi connectivity index (χ2n) is 4.44. The molecule has 2 rings (SSSR count). The third kappa shape index (κ3) is 4.83. The number of thioether (sulfide) groups is 1. The molecule has 0 bridgehead atoms. The zero-order chi connectivity index (χ0) is 14.2. The maximum absolute atomic E-state index is 5.70. The van der Waals surface area contributed by atoms with E-state index in [1.807, 2.05) is 43.6 Å². The summed E-state index contributed by atoms with van der Waals surface area (Å²) in [6.45, 7) is 3.21. The number of aryl methyl sites for hydroxylation is 1. The molecule has 0 atom stereocenters. The van der Waals surface area contributed by atoms with E-state index in [2.05, 4.69) is 9.97 Å². The van der Waals surface area contributed by atoms with E-state index < -0.39 is 0 Å². The molecule has 0 saturated carbocycles. The van der Waals surface area contributed by atoms with Crippen molar-refractivity contribution in [2.75, 3.05) is 12.4 Å². The van der Waals surface area contributed by atoms with Crippen molar-refractivity contribution in [3.63, 3.8) is 0 Å². The zero-order valence-electron chi connectivity index (χ0n) is 11.6. The Bertz CT molecular complexity index is 531. The highest BCUT2D eigenvalue weighted by molar-refractivity contribution is 7.99. The lowest BCUT2D eigenvalue weighted by molar-refractivity contribution is 0.318. The summed E-state index contributed by atoms with van der Waals surface area (Å²) in [5, 5.41) is 0.820. The predicted octanol–water partition coefficient (Wildman–Crippen LogP) is 2.80. The summed E-state index contributed by atoms with van der Waals surface area (Å²) in [7, 11) is 0. The largest absolute Gasteiger partial charge is 0.494 e. The molecule has 106 valence electrons. The molecule has 0 radical (unpaired) electrons. The second-order valence-corrected chi connectivity index (χ2v) is 5.51. The van der Waals surface area contributed by atoms with E-state index in [0.29, 0.717) is 13.2 Å². The molecule has 4 nitrogen and oxygen atoms in total. The normalized spacial score (nSPS) is 10.5. The van der Waals surface area contributed by atoms with Gasteiger partial charge in [-0.15, -0.1) is 0 Å². The maximum Gasteiger partial charge on any atom is 0.187 e. The number of nitrogens with zero attached hydrogens (tertiary/aromatic N) is 2. The van der Waals surface area contributed by atoms with Crippen LogP contribution >= 0.6 is 11.8 Å². The molecule has 5 heteroatoms. The van der Waals surface area contributed by atoms with Crippen LogP contribution in [0.2, 0.25) is 0 Å². The minimum atomic E-state index is 0.539. The van der Waals surface area contributed by atoms with E-state index in [-0.39, 0.29) is 0 Å². The van der Waals surface area contributed by atoms with Crippen LogP contribution in [0.4, 0.5) is 0 Å². The molecule has 0 saturated heterocycles. The van der Waals surface area contributed by atoms with Crippen LogP contribution < -0.4 is 10.5 Å². The molecule has 2 N–H and O–H groups in total. The molecule has 0 aliphatic carbocycles. The summed E-state index contributed by atoms with van der Waals surface area (Å²) >= 11 is 1.65. The summed E-state index contributed by atoms with van der Waals surface area (Å²) in [5.74, 6) is 1.82. The monoisotopic (exact) mass is 289 g/mol. The molecule has 1 aromatic carbocycles. The van der Waals surface area contributed by atoms with Gasteiger partial charge in [-0.3, -0.25) is 0 Å². The summed E-state index contributed by atoms with van der Waals surface area (Å²) in [5.41, 5.74) is 7.77. The number of nitrogens with two attached hydrogens (primary N) is 1. The number of aromatic nitrogens is 2. The molecular formula is C15H19N3OS. The predicted molar refractivity (Wildman–Crippen MR) is 81.9 cm³/mol. The summed E-state index contributed by atoms with van der Waals surface area (Å²) in [6.07, 6.45) is 4.63. The van der Waals surface area contributed by atoms with Crippen LogP contribution in [-0.4, -0.2) is 22.3 Å². The summed E-state index contributed by atoms with van der Waals surface area (Å²) < 4.78 is 5.70. The molecule has 0 fully saturated rings. The highest BCUT2D eigenvalue weighted by Crippen LogP contribution is 2.15. The third-order valence-electron chi connectivity index (χ3n) is 2.68. The van der Waals surface area contributed by atoms with Crippen molar-refractivity contribution < 1.29 is 4.74 Å². The van der Waals surface area contributed by atoms with Crippen molar-refractivity contribution in [1.82, 2.24) is 9.97 Å². The van der Waals surface area contributed by atoms with Crippen molar-refractivity contribution in [2.24, 2.45) is 5.73 Å². The fraction of sp³-hybridized carbons (Fsp3) is 0.333. The van der Waals surface area contributed by atoms with E-state index in [1.165, 1.54) is 0 Å². The smallest absolute Gasteiger partial charge is 0.187 e. The van der Waals surface area contributed by atoms with Gasteiger partial charge in [0.15, 0.2) is 5.16 Å². The van der Waals surface area contributed by atoms with E-state index in [0.717, 1.165) is 34.2 Å². The van der Waals surface area contributed by atoms with Gasteiger partial charge >= 0.3 is 0 Å². The van der Waals surface area contributed by atoms with E-state index in [9.17, 15) is 0 Å². The minimum absolute atomic E-state index is 0.539. The van der Waals surface area contributed by atoms with Crippen LogP contribution in [0, 0.1) is 6.92 Å². The molecule has 0 unspecified atom stereocenters. The van der Waals surface area contributed by atoms with Gasteiger partial charge in [-0.05, 0) is 36.6 Å². The Morgan fingerprint density at radius 1 is 1.25 bits per heavy atom. The lowest BCUT2D eigenvalue weighted by Gasteiger charge is -2.07. The first kappa shape index (κ1) is 14.8. The van der Waals surface area contributed by atoms with Crippen molar-refractivity contribution in [2.45, 2.75) is 25.0 Å². The molecule has 0 amide bonds. The third-order valence-corrected chi connectivity index (χ3v) is 3.64. The van der Waals surface area contributed by atoms with E-state index in [4.69, 9.17) is 10.5 Å². The van der Waals surface area contributed by atoms with Crippen LogP contribution in [0.25, 0.3) is 0 Å². The number of rotatable bonds is 7. The fourth-order valence-electron chi connectivity index (χ4n) is 1.63. The Morgan fingerprint density at radius 2 is 2.05 bits per heavy atom. The highest BCUT2D eigenvalue weighted by atomic mass is 32.2. The van der Waals surface area contributed by atoms with Gasteiger partial charge < -0.3 is 10.5 Å². The van der Waals surface area contributed by atoms with Crippen LogP contribution in [-0.2, 0) is 6.54 Å². The van der Waals surface area contributed by atoms with Gasteiger partial charge in [0.2, 0.25) is 0 Å². The van der Waals surface area contributed by atoms with Gasteiger partial charge in [-0.2, -0.15) is 0 Å². The molecule has 0 spiro atoms. The van der Waals surface area contributed by atoms with Gasteiger partial charge in [0.1, 0.15) is 5.75 Å². The molecule has 2 aromatic rings. The van der Waals surface area contributed by atoms with Crippen molar-refractivity contribution >= 4 is 11.8 Å². The molecule has 0 aliphatic heterocycles. The Morgan fingerprint density at radius 3 is 2.80 bits per heavy atom. The lowest BCUT2D eigenvalue weighted by Crippen LogP contribution is -2.01. The summed E-state index contributed by atoms with van der Waals surface area (Å²) in [4.78, 5) is 8.51. The van der Waals surface area contributed by atoms with Crippen molar-refractivity contribution in [3.8, 4) is 5.75 Å². The van der Waals surface area contributed by atoms with Crippen molar-refractivity contribution in [1.29, 1.82) is 0 Å². The quantitative estimate of drug-likeness (QED) is 0.482. The Balaban J connectivity index is 1.67. The average molecular weight is 289 g/mol. The standard InChI is InChI=1S/C15H19N3OS/c1-12-10-17-15(18-11-12)20-7-3-6-19-14-5-2-4-13(8-14)9-16/h2,4-5,8,10-11H,3,6-7,9,16H2,1H3. The first-order chi connectivity index (χ1) is 9.78. The number of hydrogen-bond donors (Lipinski definition) is 1. The maximum atomic E-state index is 5.70. The van der Waals surface area contributed by atoms with Gasteiger partial charge in [-0.25, -0.2) is 9.97 Å². The number of ether oxygens (including phenoxy) is 1. The van der Waals surface area contributed by atoms with E-state index >= 15 is 0 Å². The van der Waals surface area contributed by atoms with Crippen LogP contribution in [0.1, 0.15) is 17.5 Å². The first-order valence-electron chi connectivity index (χ1n) is 6.61. The molecular weight excluding hydrogens is 270 g/mol. The summed E-state index contributed by atoms with van der Waals surface area (Å²) in [6, 6.07) is 7.90. The Labute approximate surface area is 123 Å². The Hall–Kier alpha value is -1.59. The molecule has 1 heterocycles. The van der Waals surface area contributed by atoms with Crippen LogP contribution in [0.5, 0.6) is 5.75 Å². The number of benzene rings is 1. The van der Waals surface area contributed by atoms with Gasteiger partial charge in [-0.1, -0.05) is 23.9 Å². The number of hydrogen-bond acceptors (Lipinski definition) is 5. The zero-order valence-corrected chi connectivity index (χ0v) is 12.4. The van der Waals surface area contributed by atoms with Gasteiger partial charge in [0, 0.05) is 24.7 Å². The fourth-order valence-corrected chi connectivity index (χ4v) is 2.33. The molecule has 1 aromatic heterocycles. The SMILES string of the molecule is Cc1cnc(SCCCOc2cccc(CN)c2)nc1. The van der Waals surface area contributed by atoms with Gasteiger partial charge in [0.25, 0.3) is 0 Å². The van der Waals surface area contributed by atoms with Crippen molar-refractivity contribution in [3.05, 3.63) is 47.8 Å². The highest BCUT2D eigenvalue weighted by Gasteiger charge is 1.99. The lowest BCUT2D eigenvalue weighted by atomic mass is 10.2. The molecule has 20 heavy (non-hydrogen) atoms. The second kappa shape index (κ2) is 7.87. The molecule has 0 aliphatic rings.